The van der Waals surface area contributed by atoms with E-state index in [-0.39, 0.29) is 0 Å². The molecule has 0 saturated carbocycles. The standard InChI is InChI=1S/C13H17ClN4/c1-3-4-18(2)9-11-7-16-17-13(11)10-5-12(14)8-15-6-10/h5-8H,3-4,9H2,1-2H3,(H,16,17). The van der Waals surface area contributed by atoms with Crippen LogP contribution in [0.2, 0.25) is 5.02 Å². The molecule has 0 unspecified atom stereocenters. The maximum Gasteiger partial charge on any atom is 0.0981 e. The Bertz CT molecular complexity index is 509. The van der Waals surface area contributed by atoms with E-state index in [0.29, 0.717) is 5.02 Å². The van der Waals surface area contributed by atoms with E-state index in [1.807, 2.05) is 12.3 Å². The van der Waals surface area contributed by atoms with Gasteiger partial charge in [-0.05, 0) is 26.1 Å². The van der Waals surface area contributed by atoms with Crippen LogP contribution in [0.25, 0.3) is 11.3 Å². The molecule has 0 aliphatic rings. The average molecular weight is 265 g/mol. The molecule has 0 aliphatic carbocycles. The van der Waals surface area contributed by atoms with E-state index in [1.54, 1.807) is 12.4 Å². The number of pyridine rings is 1. The molecular formula is C13H17ClN4. The first kappa shape index (κ1) is 13.1. The van der Waals surface area contributed by atoms with Crippen molar-refractivity contribution in [3.8, 4) is 11.3 Å². The molecule has 2 aromatic heterocycles. The second-order valence-electron chi connectivity index (χ2n) is 4.39. The van der Waals surface area contributed by atoms with Crippen LogP contribution in [0.3, 0.4) is 0 Å². The summed E-state index contributed by atoms with van der Waals surface area (Å²) in [7, 11) is 2.11. The predicted octanol–water partition coefficient (Wildman–Crippen LogP) is 2.97. The molecule has 0 spiro atoms. The lowest BCUT2D eigenvalue weighted by atomic mass is 10.1. The molecule has 2 rings (SSSR count). The van der Waals surface area contributed by atoms with E-state index in [9.17, 15) is 0 Å². The molecular weight excluding hydrogens is 248 g/mol. The Hall–Kier alpha value is -1.39. The summed E-state index contributed by atoms with van der Waals surface area (Å²) in [6.45, 7) is 4.11. The Balaban J connectivity index is 2.22. The van der Waals surface area contributed by atoms with Gasteiger partial charge in [-0.1, -0.05) is 18.5 Å². The highest BCUT2D eigenvalue weighted by Crippen LogP contribution is 2.23. The summed E-state index contributed by atoms with van der Waals surface area (Å²) in [4.78, 5) is 6.37. The Morgan fingerprint density at radius 1 is 1.39 bits per heavy atom. The zero-order valence-corrected chi connectivity index (χ0v) is 11.4. The number of H-pyrrole nitrogens is 1. The van der Waals surface area contributed by atoms with Crippen molar-refractivity contribution in [2.24, 2.45) is 0 Å². The second kappa shape index (κ2) is 5.98. The number of aromatic nitrogens is 3. The fraction of sp³-hybridized carbons (Fsp3) is 0.385. The number of hydrogen-bond donors (Lipinski definition) is 1. The first-order valence-electron chi connectivity index (χ1n) is 6.02. The lowest BCUT2D eigenvalue weighted by Gasteiger charge is -2.15. The molecule has 0 bridgehead atoms. The third kappa shape index (κ3) is 3.09. The van der Waals surface area contributed by atoms with E-state index in [2.05, 4.69) is 34.1 Å². The minimum absolute atomic E-state index is 0.628. The van der Waals surface area contributed by atoms with Gasteiger partial charge in [0.25, 0.3) is 0 Å². The van der Waals surface area contributed by atoms with Crippen molar-refractivity contribution >= 4 is 11.6 Å². The molecule has 0 amide bonds. The minimum Gasteiger partial charge on any atom is -0.302 e. The predicted molar refractivity (Wildman–Crippen MR) is 73.5 cm³/mol. The number of nitrogens with zero attached hydrogens (tertiary/aromatic N) is 3. The maximum atomic E-state index is 5.96. The quantitative estimate of drug-likeness (QED) is 0.903. The van der Waals surface area contributed by atoms with Gasteiger partial charge < -0.3 is 4.90 Å². The summed E-state index contributed by atoms with van der Waals surface area (Å²) >= 11 is 5.96. The van der Waals surface area contributed by atoms with Gasteiger partial charge in [0.05, 0.1) is 10.7 Å². The van der Waals surface area contributed by atoms with Gasteiger partial charge in [-0.3, -0.25) is 10.1 Å². The van der Waals surface area contributed by atoms with Gasteiger partial charge in [0.2, 0.25) is 0 Å². The zero-order valence-electron chi connectivity index (χ0n) is 10.7. The summed E-state index contributed by atoms with van der Waals surface area (Å²) in [5.41, 5.74) is 3.03. The van der Waals surface area contributed by atoms with E-state index in [1.165, 1.54) is 0 Å². The van der Waals surface area contributed by atoms with Crippen molar-refractivity contribution in [3.05, 3.63) is 35.2 Å². The third-order valence-corrected chi connectivity index (χ3v) is 2.95. The molecule has 0 aromatic carbocycles. The SMILES string of the molecule is CCCN(C)Cc1c[nH]nc1-c1cncc(Cl)c1. The molecule has 5 heteroatoms. The molecule has 0 radical (unpaired) electrons. The van der Waals surface area contributed by atoms with Crippen molar-refractivity contribution in [1.82, 2.24) is 20.1 Å². The highest BCUT2D eigenvalue weighted by atomic mass is 35.5. The number of halogens is 1. The van der Waals surface area contributed by atoms with Crippen molar-refractivity contribution in [1.29, 1.82) is 0 Å². The van der Waals surface area contributed by atoms with Crippen LogP contribution in [0.4, 0.5) is 0 Å². The number of rotatable bonds is 5. The summed E-state index contributed by atoms with van der Waals surface area (Å²) in [6, 6.07) is 1.88. The van der Waals surface area contributed by atoms with E-state index in [0.717, 1.165) is 36.3 Å². The molecule has 0 aliphatic heterocycles. The molecule has 4 nitrogen and oxygen atoms in total. The van der Waals surface area contributed by atoms with E-state index in [4.69, 9.17) is 11.6 Å². The van der Waals surface area contributed by atoms with Crippen molar-refractivity contribution in [3.63, 3.8) is 0 Å². The van der Waals surface area contributed by atoms with Crippen molar-refractivity contribution < 1.29 is 0 Å². The zero-order chi connectivity index (χ0) is 13.0. The average Bonchev–Trinajstić information content (AvgIpc) is 2.77. The molecule has 2 heterocycles. The Kier molecular flexibility index (Phi) is 4.33. The highest BCUT2D eigenvalue weighted by Gasteiger charge is 2.10. The smallest absolute Gasteiger partial charge is 0.0981 e. The fourth-order valence-electron chi connectivity index (χ4n) is 1.98. The van der Waals surface area contributed by atoms with Crippen LogP contribution in [0.15, 0.2) is 24.7 Å². The van der Waals surface area contributed by atoms with Crippen LogP contribution in [0, 0.1) is 0 Å². The Morgan fingerprint density at radius 2 is 2.22 bits per heavy atom. The topological polar surface area (TPSA) is 44.8 Å². The van der Waals surface area contributed by atoms with Crippen LogP contribution in [-0.4, -0.2) is 33.7 Å². The molecule has 2 aromatic rings. The number of nitrogens with one attached hydrogen (secondary N) is 1. The summed E-state index contributed by atoms with van der Waals surface area (Å²) in [5, 5.41) is 7.83. The van der Waals surface area contributed by atoms with Crippen LogP contribution >= 0.6 is 11.6 Å². The fourth-order valence-corrected chi connectivity index (χ4v) is 2.15. The first-order chi connectivity index (χ1) is 8.70. The van der Waals surface area contributed by atoms with Gasteiger partial charge in [0.15, 0.2) is 0 Å². The van der Waals surface area contributed by atoms with Crippen LogP contribution in [0.1, 0.15) is 18.9 Å². The first-order valence-corrected chi connectivity index (χ1v) is 6.40. The largest absolute Gasteiger partial charge is 0.302 e. The maximum absolute atomic E-state index is 5.96. The Labute approximate surface area is 112 Å². The molecule has 0 fully saturated rings. The third-order valence-electron chi connectivity index (χ3n) is 2.74. The lowest BCUT2D eigenvalue weighted by Crippen LogP contribution is -2.18. The van der Waals surface area contributed by atoms with Crippen molar-refractivity contribution in [2.45, 2.75) is 19.9 Å². The van der Waals surface area contributed by atoms with Gasteiger partial charge in [-0.15, -0.1) is 0 Å². The molecule has 96 valence electrons. The lowest BCUT2D eigenvalue weighted by molar-refractivity contribution is 0.328. The van der Waals surface area contributed by atoms with Crippen LogP contribution in [0.5, 0.6) is 0 Å². The number of hydrogen-bond acceptors (Lipinski definition) is 3. The summed E-state index contributed by atoms with van der Waals surface area (Å²) in [5.74, 6) is 0. The van der Waals surface area contributed by atoms with Gasteiger partial charge >= 0.3 is 0 Å². The second-order valence-corrected chi connectivity index (χ2v) is 4.83. The minimum atomic E-state index is 0.628. The molecule has 1 N–H and O–H groups in total. The van der Waals surface area contributed by atoms with Gasteiger partial charge in [-0.25, -0.2) is 0 Å². The summed E-state index contributed by atoms with van der Waals surface area (Å²) in [6.07, 6.45) is 6.48. The summed E-state index contributed by atoms with van der Waals surface area (Å²) < 4.78 is 0. The van der Waals surface area contributed by atoms with Crippen molar-refractivity contribution in [2.75, 3.05) is 13.6 Å². The van der Waals surface area contributed by atoms with Gasteiger partial charge in [0.1, 0.15) is 0 Å². The van der Waals surface area contributed by atoms with E-state index >= 15 is 0 Å². The van der Waals surface area contributed by atoms with Gasteiger partial charge in [0, 0.05) is 36.3 Å². The van der Waals surface area contributed by atoms with Gasteiger partial charge in [-0.2, -0.15) is 5.10 Å². The normalized spacial score (nSPS) is 11.1. The molecule has 0 saturated heterocycles. The monoisotopic (exact) mass is 264 g/mol. The number of aromatic amines is 1. The molecule has 18 heavy (non-hydrogen) atoms. The van der Waals surface area contributed by atoms with Crippen LogP contribution < -0.4 is 0 Å². The van der Waals surface area contributed by atoms with Crippen LogP contribution in [-0.2, 0) is 6.54 Å². The highest BCUT2D eigenvalue weighted by molar-refractivity contribution is 6.30. The Morgan fingerprint density at radius 3 is 2.94 bits per heavy atom. The van der Waals surface area contributed by atoms with E-state index < -0.39 is 0 Å². The molecule has 0 atom stereocenters.